The zero-order valence-corrected chi connectivity index (χ0v) is 17.4. The van der Waals surface area contributed by atoms with Gasteiger partial charge >= 0.3 is 0 Å². The smallest absolute Gasteiger partial charge is 0.220 e. The van der Waals surface area contributed by atoms with Crippen molar-refractivity contribution in [1.82, 2.24) is 14.0 Å². The SMILES string of the molecule is Clc1ccccc1NCc1ccc2c(c1)nc1n(-c3ccccc3)c3ccccc3n21. The van der Waals surface area contributed by atoms with Gasteiger partial charge in [-0.2, -0.15) is 0 Å². The molecule has 0 atom stereocenters. The minimum absolute atomic E-state index is 0.681. The molecule has 150 valence electrons. The van der Waals surface area contributed by atoms with Gasteiger partial charge in [-0.1, -0.05) is 60.1 Å². The molecule has 0 aliphatic heterocycles. The van der Waals surface area contributed by atoms with Gasteiger partial charge in [-0.15, -0.1) is 0 Å². The third-order valence-corrected chi connectivity index (χ3v) is 5.97. The normalized spacial score (nSPS) is 11.5. The quantitative estimate of drug-likeness (QED) is 0.343. The Labute approximate surface area is 184 Å². The highest BCUT2D eigenvalue weighted by Crippen LogP contribution is 2.29. The van der Waals surface area contributed by atoms with E-state index in [9.17, 15) is 0 Å². The molecule has 0 bridgehead atoms. The summed E-state index contributed by atoms with van der Waals surface area (Å²) < 4.78 is 4.46. The van der Waals surface area contributed by atoms with E-state index in [1.807, 2.05) is 30.3 Å². The molecular weight excluding hydrogens is 404 g/mol. The van der Waals surface area contributed by atoms with Crippen LogP contribution in [-0.4, -0.2) is 14.0 Å². The molecule has 0 saturated carbocycles. The summed E-state index contributed by atoms with van der Waals surface area (Å²) >= 11 is 6.27. The Morgan fingerprint density at radius 1 is 0.742 bits per heavy atom. The highest BCUT2D eigenvalue weighted by molar-refractivity contribution is 6.33. The number of para-hydroxylation sites is 4. The maximum absolute atomic E-state index is 6.27. The second kappa shape index (κ2) is 7.18. The van der Waals surface area contributed by atoms with E-state index < -0.39 is 0 Å². The number of hydrogen-bond donors (Lipinski definition) is 1. The van der Waals surface area contributed by atoms with Crippen molar-refractivity contribution in [1.29, 1.82) is 0 Å². The molecule has 1 N–H and O–H groups in total. The predicted octanol–water partition coefficient (Wildman–Crippen LogP) is 6.70. The molecule has 0 fully saturated rings. The number of rotatable bonds is 4. The Kier molecular flexibility index (Phi) is 4.18. The van der Waals surface area contributed by atoms with Gasteiger partial charge in [-0.25, -0.2) is 4.98 Å². The Bertz CT molecular complexity index is 1550. The van der Waals surface area contributed by atoms with E-state index >= 15 is 0 Å². The summed E-state index contributed by atoms with van der Waals surface area (Å²) in [4.78, 5) is 5.03. The molecule has 0 unspecified atom stereocenters. The summed E-state index contributed by atoms with van der Waals surface area (Å²) in [5, 5.41) is 4.14. The number of anilines is 1. The molecule has 5 heteroatoms. The number of fused-ring (bicyclic) bond motifs is 5. The van der Waals surface area contributed by atoms with Crippen LogP contribution in [0.2, 0.25) is 5.02 Å². The van der Waals surface area contributed by atoms with E-state index in [0.29, 0.717) is 6.54 Å². The summed E-state index contributed by atoms with van der Waals surface area (Å²) in [7, 11) is 0. The van der Waals surface area contributed by atoms with E-state index in [0.717, 1.165) is 49.8 Å². The molecule has 2 heterocycles. The average Bonchev–Trinajstić information content (AvgIpc) is 3.33. The zero-order chi connectivity index (χ0) is 20.8. The Morgan fingerprint density at radius 2 is 1.48 bits per heavy atom. The number of halogens is 1. The van der Waals surface area contributed by atoms with E-state index in [4.69, 9.17) is 16.6 Å². The number of nitrogens with one attached hydrogen (secondary N) is 1. The van der Waals surface area contributed by atoms with Crippen LogP contribution >= 0.6 is 11.6 Å². The van der Waals surface area contributed by atoms with Crippen molar-refractivity contribution in [3.63, 3.8) is 0 Å². The number of aromatic nitrogens is 3. The van der Waals surface area contributed by atoms with Crippen LogP contribution in [0.5, 0.6) is 0 Å². The lowest BCUT2D eigenvalue weighted by molar-refractivity contribution is 1.11. The average molecular weight is 423 g/mol. The number of hydrogen-bond acceptors (Lipinski definition) is 2. The summed E-state index contributed by atoms with van der Waals surface area (Å²) in [6.07, 6.45) is 0. The van der Waals surface area contributed by atoms with E-state index in [-0.39, 0.29) is 0 Å². The molecule has 31 heavy (non-hydrogen) atoms. The van der Waals surface area contributed by atoms with Crippen LogP contribution in [0.3, 0.4) is 0 Å². The van der Waals surface area contributed by atoms with Gasteiger partial charge in [-0.3, -0.25) is 8.97 Å². The molecular formula is C26H19ClN4. The van der Waals surface area contributed by atoms with Gasteiger partial charge < -0.3 is 5.32 Å². The fourth-order valence-electron chi connectivity index (χ4n) is 4.19. The van der Waals surface area contributed by atoms with Crippen LogP contribution in [-0.2, 0) is 6.54 Å². The first-order valence-electron chi connectivity index (χ1n) is 10.2. The first-order chi connectivity index (χ1) is 15.3. The molecule has 0 radical (unpaired) electrons. The van der Waals surface area contributed by atoms with Crippen LogP contribution in [0, 0.1) is 0 Å². The molecule has 0 aliphatic carbocycles. The third kappa shape index (κ3) is 2.95. The van der Waals surface area contributed by atoms with Crippen molar-refractivity contribution in [3.8, 4) is 5.69 Å². The fourth-order valence-corrected chi connectivity index (χ4v) is 4.40. The summed E-state index contributed by atoms with van der Waals surface area (Å²) in [6.45, 7) is 0.681. The monoisotopic (exact) mass is 422 g/mol. The maximum Gasteiger partial charge on any atom is 0.220 e. The van der Waals surface area contributed by atoms with E-state index in [1.165, 1.54) is 0 Å². The van der Waals surface area contributed by atoms with Crippen LogP contribution < -0.4 is 5.32 Å². The van der Waals surface area contributed by atoms with Crippen molar-refractivity contribution in [2.45, 2.75) is 6.54 Å². The van der Waals surface area contributed by atoms with Gasteiger partial charge in [-0.05, 0) is 54.1 Å². The van der Waals surface area contributed by atoms with E-state index in [2.05, 4.69) is 81.0 Å². The molecule has 2 aromatic heterocycles. The first-order valence-corrected chi connectivity index (χ1v) is 10.6. The molecule has 6 rings (SSSR count). The summed E-state index contributed by atoms with van der Waals surface area (Å²) in [6, 6.07) is 33.1. The number of nitrogens with zero attached hydrogens (tertiary/aromatic N) is 3. The predicted molar refractivity (Wildman–Crippen MR) is 128 cm³/mol. The first kappa shape index (κ1) is 18.0. The second-order valence-corrected chi connectivity index (χ2v) is 7.97. The number of imidazole rings is 2. The standard InChI is InChI=1S/C26H19ClN4/c27-20-10-4-5-11-21(20)28-17-18-14-15-23-22(16-18)29-26-30(19-8-2-1-3-9-19)24-12-6-7-13-25(24)31(23)26/h1-16,28H,17H2. The summed E-state index contributed by atoms with van der Waals surface area (Å²) in [5.74, 6) is 0.915. The Balaban J connectivity index is 1.49. The zero-order valence-electron chi connectivity index (χ0n) is 16.7. The molecule has 6 aromatic rings. The lowest BCUT2D eigenvalue weighted by Gasteiger charge is -2.08. The van der Waals surface area contributed by atoms with E-state index in [1.54, 1.807) is 0 Å². The lowest BCUT2D eigenvalue weighted by Crippen LogP contribution is -1.99. The highest BCUT2D eigenvalue weighted by Gasteiger charge is 2.16. The van der Waals surface area contributed by atoms with Gasteiger partial charge in [0.25, 0.3) is 0 Å². The molecule has 0 saturated heterocycles. The maximum atomic E-state index is 6.27. The lowest BCUT2D eigenvalue weighted by atomic mass is 10.2. The van der Waals surface area contributed by atoms with Gasteiger partial charge in [0.2, 0.25) is 5.78 Å². The fraction of sp³-hybridized carbons (Fsp3) is 0.0385. The molecule has 4 aromatic carbocycles. The van der Waals surface area contributed by atoms with Crippen LogP contribution in [0.4, 0.5) is 5.69 Å². The minimum atomic E-state index is 0.681. The largest absolute Gasteiger partial charge is 0.380 e. The van der Waals surface area contributed by atoms with Crippen LogP contribution in [0.15, 0.2) is 97.1 Å². The van der Waals surface area contributed by atoms with Crippen molar-refractivity contribution in [2.24, 2.45) is 0 Å². The Hall–Kier alpha value is -3.76. The van der Waals surface area contributed by atoms with Gasteiger partial charge in [0.1, 0.15) is 0 Å². The van der Waals surface area contributed by atoms with Gasteiger partial charge in [0.05, 0.1) is 32.8 Å². The molecule has 0 spiro atoms. The minimum Gasteiger partial charge on any atom is -0.380 e. The van der Waals surface area contributed by atoms with Gasteiger partial charge in [0, 0.05) is 12.2 Å². The molecule has 0 aliphatic rings. The van der Waals surface area contributed by atoms with Crippen molar-refractivity contribution < 1.29 is 0 Å². The molecule has 0 amide bonds. The van der Waals surface area contributed by atoms with Gasteiger partial charge in [0.15, 0.2) is 0 Å². The van der Waals surface area contributed by atoms with Crippen molar-refractivity contribution >= 4 is 45.1 Å². The highest BCUT2D eigenvalue weighted by atomic mass is 35.5. The van der Waals surface area contributed by atoms with Crippen molar-refractivity contribution in [3.05, 3.63) is 108 Å². The topological polar surface area (TPSA) is 34.3 Å². The second-order valence-electron chi connectivity index (χ2n) is 7.56. The Morgan fingerprint density at radius 3 is 2.32 bits per heavy atom. The third-order valence-electron chi connectivity index (χ3n) is 5.64. The van der Waals surface area contributed by atoms with Crippen LogP contribution in [0.25, 0.3) is 33.5 Å². The molecule has 4 nitrogen and oxygen atoms in total. The van der Waals surface area contributed by atoms with Crippen LogP contribution in [0.1, 0.15) is 5.56 Å². The number of benzene rings is 4. The summed E-state index contributed by atoms with van der Waals surface area (Å²) in [5.41, 5.74) is 7.55. The van der Waals surface area contributed by atoms with Crippen molar-refractivity contribution in [2.75, 3.05) is 5.32 Å².